The molecule has 5 amide bonds. The first-order chi connectivity index (χ1) is 18.2. The van der Waals surface area contributed by atoms with Gasteiger partial charge in [0, 0.05) is 19.4 Å². The second-order valence-corrected chi connectivity index (χ2v) is 10.4. The molecule has 0 aromatic heterocycles. The number of nitrogens with one attached hydrogen (secondary N) is 4. The van der Waals surface area contributed by atoms with Gasteiger partial charge < -0.3 is 20.9 Å². The molecule has 11 nitrogen and oxygen atoms in total. The van der Waals surface area contributed by atoms with Crippen molar-refractivity contribution in [3.05, 3.63) is 35.9 Å². The van der Waals surface area contributed by atoms with E-state index in [4.69, 9.17) is 5.21 Å². The molecule has 1 aromatic carbocycles. The number of amides is 5. The molecular weight excluding hydrogens is 490 g/mol. The Kier molecular flexibility index (Phi) is 10.6. The first-order valence-corrected chi connectivity index (χ1v) is 13.4. The van der Waals surface area contributed by atoms with E-state index in [-0.39, 0.29) is 30.6 Å². The largest absolute Gasteiger partial charge is 0.343 e. The molecule has 2 aliphatic rings. The summed E-state index contributed by atoms with van der Waals surface area (Å²) in [6.07, 6.45) is 3.46. The molecule has 0 aliphatic carbocycles. The Hall–Kier alpha value is -3.47. The molecule has 0 unspecified atom stereocenters. The van der Waals surface area contributed by atoms with E-state index in [0.29, 0.717) is 45.1 Å². The highest BCUT2D eigenvalue weighted by Gasteiger charge is 2.41. The highest BCUT2D eigenvalue weighted by atomic mass is 16.5. The van der Waals surface area contributed by atoms with E-state index < -0.39 is 41.9 Å². The number of benzene rings is 1. The van der Waals surface area contributed by atoms with Crippen molar-refractivity contribution >= 4 is 29.5 Å². The van der Waals surface area contributed by atoms with Crippen molar-refractivity contribution in [3.63, 3.8) is 0 Å². The summed E-state index contributed by atoms with van der Waals surface area (Å²) in [6.45, 7) is 4.09. The maximum absolute atomic E-state index is 13.5. The van der Waals surface area contributed by atoms with E-state index in [9.17, 15) is 24.0 Å². The first-order valence-electron chi connectivity index (χ1n) is 13.4. The summed E-state index contributed by atoms with van der Waals surface area (Å²) in [7, 11) is 0. The number of carbonyl (C=O) groups is 5. The van der Waals surface area contributed by atoms with Crippen molar-refractivity contribution in [2.75, 3.05) is 6.54 Å². The maximum Gasteiger partial charge on any atom is 0.246 e. The molecule has 0 radical (unpaired) electrons. The molecule has 208 valence electrons. The zero-order valence-corrected chi connectivity index (χ0v) is 22.1. The summed E-state index contributed by atoms with van der Waals surface area (Å²) < 4.78 is 0. The van der Waals surface area contributed by atoms with Gasteiger partial charge in [0.05, 0.1) is 0 Å². The Labute approximate surface area is 223 Å². The van der Waals surface area contributed by atoms with Crippen molar-refractivity contribution < 1.29 is 29.2 Å². The average molecular weight is 530 g/mol. The number of hydroxylamine groups is 1. The molecule has 2 heterocycles. The van der Waals surface area contributed by atoms with Gasteiger partial charge in [-0.3, -0.25) is 29.2 Å². The van der Waals surface area contributed by atoms with Crippen LogP contribution in [0.15, 0.2) is 30.3 Å². The molecule has 1 aromatic rings. The third kappa shape index (κ3) is 7.77. The molecule has 0 saturated carbocycles. The Balaban J connectivity index is 1.84. The van der Waals surface area contributed by atoms with Gasteiger partial charge in [-0.2, -0.15) is 0 Å². The van der Waals surface area contributed by atoms with Gasteiger partial charge in [-0.25, -0.2) is 5.48 Å². The van der Waals surface area contributed by atoms with E-state index in [2.05, 4.69) is 16.0 Å². The Bertz CT molecular complexity index is 1000. The van der Waals surface area contributed by atoms with Crippen molar-refractivity contribution in [1.29, 1.82) is 0 Å². The van der Waals surface area contributed by atoms with Crippen molar-refractivity contribution in [2.45, 2.75) is 89.4 Å². The van der Waals surface area contributed by atoms with Crippen LogP contribution >= 0.6 is 0 Å². The number of unbranched alkanes of at least 4 members (excludes halogenated alkanes) is 2. The summed E-state index contributed by atoms with van der Waals surface area (Å²) in [6, 6.07) is 5.89. The summed E-state index contributed by atoms with van der Waals surface area (Å²) >= 11 is 0. The lowest BCUT2D eigenvalue weighted by molar-refractivity contribution is -0.144. The molecule has 3 rings (SSSR count). The van der Waals surface area contributed by atoms with Gasteiger partial charge in [0.15, 0.2) is 0 Å². The van der Waals surface area contributed by atoms with Gasteiger partial charge in [-0.1, -0.05) is 57.0 Å². The molecule has 0 bridgehead atoms. The van der Waals surface area contributed by atoms with Crippen LogP contribution in [0, 0.1) is 5.92 Å². The number of fused-ring (bicyclic) bond motifs is 1. The van der Waals surface area contributed by atoms with Crippen molar-refractivity contribution in [2.24, 2.45) is 5.92 Å². The third-order valence-corrected chi connectivity index (χ3v) is 7.14. The standard InChI is InChI=1S/C27H39N5O6/c1-17(2)23-27(37)32-15-9-13-21(32)26(36)28-19(12-7-4-8-14-22(33)31-38)24(34)29-20(25(35)30-23)16-18-10-5-3-6-11-18/h3,5-6,10-11,17,19-21,23,38H,4,7-9,12-16H2,1-2H3,(H,28,36)(H,29,34)(H,30,35)(H,31,33)/t19-,20-,21+,23-/m0/s1. The normalized spacial score (nSPS) is 24.6. The molecule has 4 atom stereocenters. The molecule has 0 spiro atoms. The van der Waals surface area contributed by atoms with E-state index in [1.807, 2.05) is 44.2 Å². The number of hydrogen-bond acceptors (Lipinski definition) is 6. The number of carbonyl (C=O) groups excluding carboxylic acids is 5. The summed E-state index contributed by atoms with van der Waals surface area (Å²) in [4.78, 5) is 66.4. The van der Waals surface area contributed by atoms with Crippen LogP contribution in [0.4, 0.5) is 0 Å². The highest BCUT2D eigenvalue weighted by Crippen LogP contribution is 2.22. The fraction of sp³-hybridized carbons (Fsp3) is 0.593. The fourth-order valence-corrected chi connectivity index (χ4v) is 4.98. The summed E-state index contributed by atoms with van der Waals surface area (Å²) in [5.41, 5.74) is 2.43. The highest BCUT2D eigenvalue weighted by molar-refractivity contribution is 5.98. The maximum atomic E-state index is 13.5. The summed E-state index contributed by atoms with van der Waals surface area (Å²) in [5.74, 6) is -2.31. The topological polar surface area (TPSA) is 157 Å². The van der Waals surface area contributed by atoms with Crippen molar-refractivity contribution in [1.82, 2.24) is 26.3 Å². The van der Waals surface area contributed by atoms with Gasteiger partial charge in [0.1, 0.15) is 24.2 Å². The molecular formula is C27H39N5O6. The predicted octanol–water partition coefficient (Wildman–Crippen LogP) is 0.800. The number of nitrogens with zero attached hydrogens (tertiary/aromatic N) is 1. The Morgan fingerprint density at radius 3 is 2.34 bits per heavy atom. The molecule has 2 saturated heterocycles. The smallest absolute Gasteiger partial charge is 0.246 e. The van der Waals surface area contributed by atoms with E-state index in [0.717, 1.165) is 5.56 Å². The van der Waals surface area contributed by atoms with Crippen LogP contribution in [0.1, 0.15) is 64.4 Å². The van der Waals surface area contributed by atoms with Crippen LogP contribution in [0.2, 0.25) is 0 Å². The van der Waals surface area contributed by atoms with Crippen LogP contribution in [0.5, 0.6) is 0 Å². The lowest BCUT2D eigenvalue weighted by Crippen LogP contribution is -2.62. The van der Waals surface area contributed by atoms with Crippen molar-refractivity contribution in [3.8, 4) is 0 Å². The number of hydrogen-bond donors (Lipinski definition) is 5. The van der Waals surface area contributed by atoms with Gasteiger partial charge >= 0.3 is 0 Å². The van der Waals surface area contributed by atoms with Crippen LogP contribution < -0.4 is 21.4 Å². The average Bonchev–Trinajstić information content (AvgIpc) is 3.40. The van der Waals surface area contributed by atoms with Crippen LogP contribution in [-0.2, 0) is 30.4 Å². The SMILES string of the molecule is CC(C)[C@@H]1NC(=O)[C@H](Cc2ccccc2)NC(=O)[C@H](CCCCCC(=O)NO)NC(=O)[C@H]2CCCN2C1=O. The molecule has 2 aliphatic heterocycles. The minimum atomic E-state index is -0.944. The van der Waals surface area contributed by atoms with E-state index in [1.165, 1.54) is 4.90 Å². The second-order valence-electron chi connectivity index (χ2n) is 10.4. The van der Waals surface area contributed by atoms with Gasteiger partial charge in [-0.05, 0) is 37.2 Å². The molecule has 11 heteroatoms. The zero-order valence-electron chi connectivity index (χ0n) is 22.1. The molecule has 38 heavy (non-hydrogen) atoms. The molecule has 5 N–H and O–H groups in total. The quantitative estimate of drug-likeness (QED) is 0.181. The number of rotatable bonds is 9. The molecule has 2 fully saturated rings. The zero-order chi connectivity index (χ0) is 27.7. The van der Waals surface area contributed by atoms with E-state index >= 15 is 0 Å². The Morgan fingerprint density at radius 1 is 0.974 bits per heavy atom. The van der Waals surface area contributed by atoms with Crippen LogP contribution in [0.25, 0.3) is 0 Å². The lowest BCUT2D eigenvalue weighted by atomic mass is 9.98. The van der Waals surface area contributed by atoms with Gasteiger partial charge in [-0.15, -0.1) is 0 Å². The predicted molar refractivity (Wildman–Crippen MR) is 139 cm³/mol. The van der Waals surface area contributed by atoms with E-state index in [1.54, 1.807) is 5.48 Å². The Morgan fingerprint density at radius 2 is 1.66 bits per heavy atom. The van der Waals surface area contributed by atoms with Gasteiger partial charge in [0.2, 0.25) is 29.5 Å². The fourth-order valence-electron chi connectivity index (χ4n) is 4.98. The second kappa shape index (κ2) is 13.9. The summed E-state index contributed by atoms with van der Waals surface area (Å²) in [5, 5.41) is 17.2. The van der Waals surface area contributed by atoms with Crippen LogP contribution in [0.3, 0.4) is 0 Å². The van der Waals surface area contributed by atoms with Gasteiger partial charge in [0.25, 0.3) is 0 Å². The minimum absolute atomic E-state index is 0.148. The minimum Gasteiger partial charge on any atom is -0.343 e. The third-order valence-electron chi connectivity index (χ3n) is 7.14. The van der Waals surface area contributed by atoms with Crippen LogP contribution in [-0.4, -0.2) is 70.4 Å². The monoisotopic (exact) mass is 529 g/mol. The lowest BCUT2D eigenvalue weighted by Gasteiger charge is -2.33. The first kappa shape index (κ1) is 29.1.